The van der Waals surface area contributed by atoms with Gasteiger partial charge in [-0.1, -0.05) is 24.3 Å². The number of hydrogen-bond donors (Lipinski definition) is 2. The first kappa shape index (κ1) is 22.5. The Balaban J connectivity index is 1.45. The molecule has 1 atom stereocenters. The predicted octanol–water partition coefficient (Wildman–Crippen LogP) is 2.27. The van der Waals surface area contributed by atoms with Gasteiger partial charge in [0.1, 0.15) is 6.04 Å². The molecule has 9 heteroatoms. The third-order valence-electron chi connectivity index (χ3n) is 5.49. The standard InChI is InChI=1S/C24H24N4O4S/c1-28(2)24(30)19-5-3-4-6-22(19)33(31,32)18-9-7-16(8-10-18)14-26-23(29)21-13-17-15-25-12-11-20(17)27-21/h3-12,15,21,27H,13-14H2,1-2H3,(H,26,29). The molecule has 0 bridgehead atoms. The van der Waals surface area contributed by atoms with Crippen LogP contribution in [0.3, 0.4) is 0 Å². The van der Waals surface area contributed by atoms with Crippen molar-refractivity contribution in [1.29, 1.82) is 0 Å². The summed E-state index contributed by atoms with van der Waals surface area (Å²) in [7, 11) is -0.741. The molecule has 170 valence electrons. The summed E-state index contributed by atoms with van der Waals surface area (Å²) >= 11 is 0. The SMILES string of the molecule is CN(C)C(=O)c1ccccc1S(=O)(=O)c1ccc(CNC(=O)C2Cc3cnccc3N2)cc1. The Kier molecular flexibility index (Phi) is 6.15. The van der Waals surface area contributed by atoms with E-state index in [-0.39, 0.29) is 39.8 Å². The van der Waals surface area contributed by atoms with Gasteiger partial charge in [-0.05, 0) is 41.5 Å². The summed E-state index contributed by atoms with van der Waals surface area (Å²) in [4.78, 5) is 30.4. The second kappa shape index (κ2) is 9.03. The Morgan fingerprint density at radius 3 is 2.52 bits per heavy atom. The van der Waals surface area contributed by atoms with Gasteiger partial charge in [-0.25, -0.2) is 8.42 Å². The Labute approximate surface area is 192 Å². The van der Waals surface area contributed by atoms with Crippen molar-refractivity contribution in [3.8, 4) is 0 Å². The minimum atomic E-state index is -3.89. The largest absolute Gasteiger partial charge is 0.373 e. The summed E-state index contributed by atoms with van der Waals surface area (Å²) in [5.41, 5.74) is 2.80. The Morgan fingerprint density at radius 2 is 1.82 bits per heavy atom. The van der Waals surface area contributed by atoms with Crippen molar-refractivity contribution in [2.24, 2.45) is 0 Å². The zero-order chi connectivity index (χ0) is 23.6. The van der Waals surface area contributed by atoms with Crippen molar-refractivity contribution >= 4 is 27.3 Å². The van der Waals surface area contributed by atoms with Crippen LogP contribution in [0.4, 0.5) is 5.69 Å². The number of amides is 2. The van der Waals surface area contributed by atoms with E-state index in [1.807, 2.05) is 6.07 Å². The predicted molar refractivity (Wildman–Crippen MR) is 124 cm³/mol. The zero-order valence-electron chi connectivity index (χ0n) is 18.3. The molecule has 2 N–H and O–H groups in total. The number of nitrogens with zero attached hydrogens (tertiary/aromatic N) is 2. The molecule has 0 aliphatic carbocycles. The number of anilines is 1. The molecule has 1 aliphatic heterocycles. The smallest absolute Gasteiger partial charge is 0.254 e. The van der Waals surface area contributed by atoms with Crippen LogP contribution >= 0.6 is 0 Å². The molecule has 1 aliphatic rings. The number of benzene rings is 2. The molecule has 33 heavy (non-hydrogen) atoms. The maximum Gasteiger partial charge on any atom is 0.254 e. The molecule has 2 aromatic carbocycles. The number of carbonyl (C=O) groups excluding carboxylic acids is 2. The van der Waals surface area contributed by atoms with Gasteiger partial charge in [0.05, 0.1) is 15.4 Å². The van der Waals surface area contributed by atoms with Crippen molar-refractivity contribution in [2.45, 2.75) is 28.8 Å². The lowest BCUT2D eigenvalue weighted by molar-refractivity contribution is -0.121. The molecule has 2 amide bonds. The average Bonchev–Trinajstić information content (AvgIpc) is 3.27. The van der Waals surface area contributed by atoms with Gasteiger partial charge in [0.15, 0.2) is 0 Å². The van der Waals surface area contributed by atoms with Gasteiger partial charge in [-0.15, -0.1) is 0 Å². The summed E-state index contributed by atoms with van der Waals surface area (Å²) in [6.07, 6.45) is 3.99. The minimum Gasteiger partial charge on any atom is -0.373 e. The van der Waals surface area contributed by atoms with Gasteiger partial charge in [0.2, 0.25) is 15.7 Å². The molecule has 8 nitrogen and oxygen atoms in total. The fourth-order valence-electron chi connectivity index (χ4n) is 3.69. The lowest BCUT2D eigenvalue weighted by Crippen LogP contribution is -2.38. The van der Waals surface area contributed by atoms with E-state index < -0.39 is 9.84 Å². The van der Waals surface area contributed by atoms with E-state index >= 15 is 0 Å². The molecule has 3 aromatic rings. The van der Waals surface area contributed by atoms with Crippen LogP contribution in [0.5, 0.6) is 0 Å². The lowest BCUT2D eigenvalue weighted by Gasteiger charge is -2.15. The van der Waals surface area contributed by atoms with E-state index in [9.17, 15) is 18.0 Å². The average molecular weight is 465 g/mol. The Bertz CT molecular complexity index is 1280. The van der Waals surface area contributed by atoms with E-state index in [0.717, 1.165) is 16.8 Å². The fourth-order valence-corrected chi connectivity index (χ4v) is 5.14. The first-order chi connectivity index (χ1) is 15.8. The molecule has 0 fully saturated rings. The highest BCUT2D eigenvalue weighted by Crippen LogP contribution is 2.26. The number of sulfone groups is 1. The van der Waals surface area contributed by atoms with Crippen LogP contribution in [0.25, 0.3) is 0 Å². The quantitative estimate of drug-likeness (QED) is 0.579. The second-order valence-corrected chi connectivity index (χ2v) is 9.91. The van der Waals surface area contributed by atoms with Crippen LogP contribution in [0, 0.1) is 0 Å². The molecule has 4 rings (SSSR count). The number of fused-ring (bicyclic) bond motifs is 1. The summed E-state index contributed by atoms with van der Waals surface area (Å²) in [5, 5.41) is 6.06. The van der Waals surface area contributed by atoms with Crippen molar-refractivity contribution in [3.05, 3.63) is 83.7 Å². The van der Waals surface area contributed by atoms with Crippen LogP contribution < -0.4 is 10.6 Å². The normalized spacial score (nSPS) is 14.8. The van der Waals surface area contributed by atoms with E-state index in [4.69, 9.17) is 0 Å². The van der Waals surface area contributed by atoms with Gasteiger partial charge < -0.3 is 15.5 Å². The van der Waals surface area contributed by atoms with Crippen LogP contribution in [0.2, 0.25) is 0 Å². The monoisotopic (exact) mass is 464 g/mol. The molecule has 2 heterocycles. The third kappa shape index (κ3) is 4.58. The van der Waals surface area contributed by atoms with Crippen LogP contribution in [-0.2, 0) is 27.6 Å². The van der Waals surface area contributed by atoms with Gasteiger partial charge in [-0.2, -0.15) is 0 Å². The number of pyridine rings is 1. The summed E-state index contributed by atoms with van der Waals surface area (Å²) < 4.78 is 26.4. The third-order valence-corrected chi connectivity index (χ3v) is 7.32. The molecule has 1 unspecified atom stereocenters. The molecule has 0 saturated heterocycles. The van der Waals surface area contributed by atoms with Gasteiger partial charge in [0, 0.05) is 45.1 Å². The minimum absolute atomic E-state index is 0.0360. The molecule has 1 aromatic heterocycles. The van der Waals surface area contributed by atoms with Gasteiger partial charge in [0.25, 0.3) is 5.91 Å². The first-order valence-electron chi connectivity index (χ1n) is 10.4. The van der Waals surface area contributed by atoms with E-state index in [0.29, 0.717) is 6.42 Å². The number of nitrogens with one attached hydrogen (secondary N) is 2. The van der Waals surface area contributed by atoms with Crippen molar-refractivity contribution in [3.63, 3.8) is 0 Å². The van der Waals surface area contributed by atoms with Crippen LogP contribution in [0.15, 0.2) is 76.8 Å². The van der Waals surface area contributed by atoms with E-state index in [2.05, 4.69) is 15.6 Å². The molecular formula is C24H24N4O4S. The highest BCUT2D eigenvalue weighted by molar-refractivity contribution is 7.91. The van der Waals surface area contributed by atoms with Crippen molar-refractivity contribution in [1.82, 2.24) is 15.2 Å². The van der Waals surface area contributed by atoms with Crippen LogP contribution in [-0.4, -0.2) is 50.3 Å². The maximum atomic E-state index is 13.2. The fraction of sp³-hybridized carbons (Fsp3) is 0.208. The molecule has 0 saturated carbocycles. The van der Waals surface area contributed by atoms with Gasteiger partial charge in [-0.3, -0.25) is 14.6 Å². The first-order valence-corrected chi connectivity index (χ1v) is 11.9. The van der Waals surface area contributed by atoms with E-state index in [1.165, 1.54) is 29.2 Å². The molecule has 0 spiro atoms. The highest BCUT2D eigenvalue weighted by Gasteiger charge is 2.27. The maximum absolute atomic E-state index is 13.2. The summed E-state index contributed by atoms with van der Waals surface area (Å²) in [6, 6.07) is 13.9. The number of carbonyl (C=O) groups is 2. The molecular weight excluding hydrogens is 440 g/mol. The lowest BCUT2D eigenvalue weighted by atomic mass is 10.1. The second-order valence-electron chi connectivity index (χ2n) is 7.99. The zero-order valence-corrected chi connectivity index (χ0v) is 19.1. The van der Waals surface area contributed by atoms with Crippen molar-refractivity contribution in [2.75, 3.05) is 19.4 Å². The van der Waals surface area contributed by atoms with E-state index in [1.54, 1.807) is 50.8 Å². The Morgan fingerprint density at radius 1 is 1.09 bits per heavy atom. The molecule has 0 radical (unpaired) electrons. The highest BCUT2D eigenvalue weighted by atomic mass is 32.2. The van der Waals surface area contributed by atoms with Crippen LogP contribution in [0.1, 0.15) is 21.5 Å². The van der Waals surface area contributed by atoms with Crippen molar-refractivity contribution < 1.29 is 18.0 Å². The number of hydrogen-bond acceptors (Lipinski definition) is 6. The topological polar surface area (TPSA) is 108 Å². The number of aromatic nitrogens is 1. The van der Waals surface area contributed by atoms with Gasteiger partial charge >= 0.3 is 0 Å². The summed E-state index contributed by atoms with van der Waals surface area (Å²) in [6.45, 7) is 0.266. The summed E-state index contributed by atoms with van der Waals surface area (Å²) in [5.74, 6) is -0.522. The Hall–Kier alpha value is -3.72. The number of rotatable bonds is 6.